The molecule has 0 aliphatic carbocycles. The maximum absolute atomic E-state index is 5.75. The predicted molar refractivity (Wildman–Crippen MR) is 42.3 cm³/mol. The van der Waals surface area contributed by atoms with Crippen LogP contribution in [0, 0.1) is 11.8 Å². The number of rotatable bonds is 3. The highest BCUT2D eigenvalue weighted by Crippen LogP contribution is 2.16. The van der Waals surface area contributed by atoms with E-state index in [0.29, 0.717) is 12.0 Å². The molecule has 0 heterocycles. The summed E-state index contributed by atoms with van der Waals surface area (Å²) in [5.74, 6) is 1.43. The monoisotopic (exact) mass is 129 g/mol. The summed E-state index contributed by atoms with van der Waals surface area (Å²) in [4.78, 5) is 0. The number of nitrogens with two attached hydrogens (primary N) is 1. The average molecular weight is 129 g/mol. The molecule has 0 bridgehead atoms. The Labute approximate surface area is 58.6 Å². The summed E-state index contributed by atoms with van der Waals surface area (Å²) < 4.78 is 0. The van der Waals surface area contributed by atoms with Crippen molar-refractivity contribution in [1.29, 1.82) is 0 Å². The Hall–Kier alpha value is -0.0400. The highest BCUT2D eigenvalue weighted by Gasteiger charge is 2.14. The van der Waals surface area contributed by atoms with Gasteiger partial charge >= 0.3 is 0 Å². The molecule has 0 saturated heterocycles. The van der Waals surface area contributed by atoms with Crippen LogP contribution in [0.25, 0.3) is 0 Å². The third-order valence-corrected chi connectivity index (χ3v) is 2.00. The molecule has 56 valence electrons. The number of hydrogen-bond acceptors (Lipinski definition) is 1. The Balaban J connectivity index is 3.68. The van der Waals surface area contributed by atoms with Crippen molar-refractivity contribution in [3.63, 3.8) is 0 Å². The molecule has 2 N–H and O–H groups in total. The van der Waals surface area contributed by atoms with Gasteiger partial charge in [0.2, 0.25) is 0 Å². The van der Waals surface area contributed by atoms with E-state index in [4.69, 9.17) is 5.73 Å². The molecule has 1 heteroatoms. The fourth-order valence-corrected chi connectivity index (χ4v) is 1.45. The summed E-state index contributed by atoms with van der Waals surface area (Å²) in [6.07, 6.45) is 1.20. The van der Waals surface area contributed by atoms with Crippen LogP contribution in [0.4, 0.5) is 0 Å². The van der Waals surface area contributed by atoms with Gasteiger partial charge in [0.25, 0.3) is 0 Å². The first-order valence-electron chi connectivity index (χ1n) is 3.85. The first-order valence-corrected chi connectivity index (χ1v) is 3.85. The average Bonchev–Trinajstić information content (AvgIpc) is 1.64. The second kappa shape index (κ2) is 3.89. The molecule has 0 aromatic heterocycles. The van der Waals surface area contributed by atoms with Crippen molar-refractivity contribution < 1.29 is 0 Å². The summed E-state index contributed by atoms with van der Waals surface area (Å²) in [5, 5.41) is 0. The van der Waals surface area contributed by atoms with Crippen molar-refractivity contribution in [2.45, 2.75) is 40.2 Å². The standard InChI is InChI=1S/C8H19N/c1-5-8(6(2)3)7(4)9/h6-8H,5,9H2,1-4H3/t7-,8?/m0/s1. The van der Waals surface area contributed by atoms with Gasteiger partial charge in [-0.1, -0.05) is 27.2 Å². The minimum absolute atomic E-state index is 0.356. The van der Waals surface area contributed by atoms with Crippen LogP contribution in [0.1, 0.15) is 34.1 Å². The van der Waals surface area contributed by atoms with E-state index in [0.717, 1.165) is 5.92 Å². The summed E-state index contributed by atoms with van der Waals surface area (Å²) in [6, 6.07) is 0.356. The minimum Gasteiger partial charge on any atom is -0.328 e. The van der Waals surface area contributed by atoms with E-state index in [1.165, 1.54) is 6.42 Å². The van der Waals surface area contributed by atoms with E-state index in [1.807, 2.05) is 0 Å². The first-order chi connectivity index (χ1) is 4.09. The summed E-state index contributed by atoms with van der Waals surface area (Å²) in [5.41, 5.74) is 5.75. The Morgan fingerprint density at radius 3 is 1.67 bits per heavy atom. The Bertz CT molecular complexity index is 59.0. The van der Waals surface area contributed by atoms with Gasteiger partial charge in [0, 0.05) is 6.04 Å². The van der Waals surface area contributed by atoms with E-state index in [2.05, 4.69) is 27.7 Å². The molecule has 0 aliphatic rings. The van der Waals surface area contributed by atoms with E-state index < -0.39 is 0 Å². The molecular formula is C8H19N. The summed E-state index contributed by atoms with van der Waals surface area (Å²) in [7, 11) is 0. The fourth-order valence-electron chi connectivity index (χ4n) is 1.45. The molecule has 0 saturated carbocycles. The summed E-state index contributed by atoms with van der Waals surface area (Å²) >= 11 is 0. The molecule has 0 radical (unpaired) electrons. The second-order valence-electron chi connectivity index (χ2n) is 3.18. The molecule has 2 atom stereocenters. The van der Waals surface area contributed by atoms with Gasteiger partial charge in [0.15, 0.2) is 0 Å². The normalized spacial score (nSPS) is 18.0. The van der Waals surface area contributed by atoms with E-state index in [9.17, 15) is 0 Å². The Kier molecular flexibility index (Phi) is 3.87. The van der Waals surface area contributed by atoms with Crippen LogP contribution in [0.2, 0.25) is 0 Å². The predicted octanol–water partition coefficient (Wildman–Crippen LogP) is 2.02. The van der Waals surface area contributed by atoms with Crippen molar-refractivity contribution in [1.82, 2.24) is 0 Å². The van der Waals surface area contributed by atoms with Gasteiger partial charge in [0.05, 0.1) is 0 Å². The highest BCUT2D eigenvalue weighted by atomic mass is 14.6. The zero-order valence-electron chi connectivity index (χ0n) is 7.02. The van der Waals surface area contributed by atoms with Crippen LogP contribution in [0.15, 0.2) is 0 Å². The molecule has 0 aromatic carbocycles. The van der Waals surface area contributed by atoms with Crippen LogP contribution in [0.3, 0.4) is 0 Å². The maximum atomic E-state index is 5.75. The maximum Gasteiger partial charge on any atom is 0.00411 e. The SMILES string of the molecule is CCC(C(C)C)[C@H](C)N. The van der Waals surface area contributed by atoms with Gasteiger partial charge in [-0.2, -0.15) is 0 Å². The molecule has 0 amide bonds. The quantitative estimate of drug-likeness (QED) is 0.620. The number of hydrogen-bond donors (Lipinski definition) is 1. The van der Waals surface area contributed by atoms with Crippen LogP contribution in [-0.2, 0) is 0 Å². The van der Waals surface area contributed by atoms with Gasteiger partial charge < -0.3 is 5.73 Å². The van der Waals surface area contributed by atoms with Crippen molar-refractivity contribution in [2.24, 2.45) is 17.6 Å². The lowest BCUT2D eigenvalue weighted by atomic mass is 9.88. The molecule has 0 fully saturated rings. The van der Waals surface area contributed by atoms with Crippen LogP contribution < -0.4 is 5.73 Å². The van der Waals surface area contributed by atoms with Gasteiger partial charge in [-0.15, -0.1) is 0 Å². The lowest BCUT2D eigenvalue weighted by Gasteiger charge is -2.22. The zero-order valence-corrected chi connectivity index (χ0v) is 7.02. The molecule has 9 heavy (non-hydrogen) atoms. The van der Waals surface area contributed by atoms with Crippen LogP contribution in [-0.4, -0.2) is 6.04 Å². The van der Waals surface area contributed by atoms with Crippen molar-refractivity contribution in [3.8, 4) is 0 Å². The van der Waals surface area contributed by atoms with Gasteiger partial charge in [-0.25, -0.2) is 0 Å². The third kappa shape index (κ3) is 2.85. The summed E-state index contributed by atoms with van der Waals surface area (Å²) in [6.45, 7) is 8.76. The largest absolute Gasteiger partial charge is 0.328 e. The van der Waals surface area contributed by atoms with Crippen molar-refractivity contribution in [3.05, 3.63) is 0 Å². The zero-order chi connectivity index (χ0) is 7.44. The molecule has 0 rings (SSSR count). The lowest BCUT2D eigenvalue weighted by molar-refractivity contribution is 0.322. The molecule has 0 spiro atoms. The molecule has 1 nitrogen and oxygen atoms in total. The highest BCUT2D eigenvalue weighted by molar-refractivity contribution is 4.69. The Morgan fingerprint density at radius 2 is 1.67 bits per heavy atom. The smallest absolute Gasteiger partial charge is 0.00411 e. The molecule has 1 unspecified atom stereocenters. The fraction of sp³-hybridized carbons (Fsp3) is 1.00. The van der Waals surface area contributed by atoms with E-state index in [1.54, 1.807) is 0 Å². The minimum atomic E-state index is 0.356. The molecule has 0 aliphatic heterocycles. The van der Waals surface area contributed by atoms with Gasteiger partial charge in [-0.3, -0.25) is 0 Å². The lowest BCUT2D eigenvalue weighted by Crippen LogP contribution is -2.29. The van der Waals surface area contributed by atoms with Crippen LogP contribution in [0.5, 0.6) is 0 Å². The molecular weight excluding hydrogens is 110 g/mol. The topological polar surface area (TPSA) is 26.0 Å². The van der Waals surface area contributed by atoms with Crippen molar-refractivity contribution >= 4 is 0 Å². The van der Waals surface area contributed by atoms with Gasteiger partial charge in [-0.05, 0) is 18.8 Å². The second-order valence-corrected chi connectivity index (χ2v) is 3.18. The first kappa shape index (κ1) is 8.96. The third-order valence-electron chi connectivity index (χ3n) is 2.00. The Morgan fingerprint density at radius 1 is 1.22 bits per heavy atom. The molecule has 0 aromatic rings. The van der Waals surface area contributed by atoms with E-state index in [-0.39, 0.29) is 0 Å². The van der Waals surface area contributed by atoms with Gasteiger partial charge in [0.1, 0.15) is 0 Å². The van der Waals surface area contributed by atoms with Crippen LogP contribution >= 0.6 is 0 Å². The van der Waals surface area contributed by atoms with Crippen molar-refractivity contribution in [2.75, 3.05) is 0 Å². The van der Waals surface area contributed by atoms with E-state index >= 15 is 0 Å².